The van der Waals surface area contributed by atoms with Gasteiger partial charge in [0.2, 0.25) is 11.7 Å². The van der Waals surface area contributed by atoms with Gasteiger partial charge < -0.3 is 9.63 Å². The first kappa shape index (κ1) is 16.7. The van der Waals surface area contributed by atoms with Crippen LogP contribution < -0.4 is 0 Å². The number of rotatable bonds is 4. The van der Waals surface area contributed by atoms with Crippen LogP contribution in [0.1, 0.15) is 50.5 Å². The number of likely N-dealkylation sites (tertiary alicyclic amines) is 1. The molecular weight excluding hydrogens is 321 g/mol. The molecule has 0 amide bonds. The van der Waals surface area contributed by atoms with Gasteiger partial charge >= 0.3 is 0 Å². The van der Waals surface area contributed by atoms with E-state index in [1.54, 1.807) is 12.1 Å². The molecule has 2 atom stereocenters. The molecule has 1 aliphatic carbocycles. The maximum Gasteiger partial charge on any atom is 0.244 e. The highest BCUT2D eigenvalue weighted by Gasteiger charge is 2.37. The van der Waals surface area contributed by atoms with Crippen LogP contribution in [0.25, 0.3) is 11.4 Å². The van der Waals surface area contributed by atoms with Gasteiger partial charge in [0, 0.05) is 18.7 Å². The van der Waals surface area contributed by atoms with Crippen molar-refractivity contribution in [2.24, 2.45) is 5.92 Å². The van der Waals surface area contributed by atoms with Crippen molar-refractivity contribution in [3.8, 4) is 11.4 Å². The average Bonchev–Trinajstić information content (AvgIpc) is 3.23. The Morgan fingerprint density at radius 2 is 1.92 bits per heavy atom. The van der Waals surface area contributed by atoms with E-state index in [1.807, 2.05) is 0 Å². The van der Waals surface area contributed by atoms with Crippen molar-refractivity contribution in [1.29, 1.82) is 0 Å². The molecule has 1 aliphatic heterocycles. The summed E-state index contributed by atoms with van der Waals surface area (Å²) in [5.41, 5.74) is 0.730. The number of hydrogen-bond acceptors (Lipinski definition) is 5. The Morgan fingerprint density at radius 1 is 1.16 bits per heavy atom. The van der Waals surface area contributed by atoms with Crippen molar-refractivity contribution >= 4 is 0 Å². The van der Waals surface area contributed by atoms with Crippen LogP contribution in [-0.2, 0) is 0 Å². The van der Waals surface area contributed by atoms with Crippen LogP contribution >= 0.6 is 0 Å². The summed E-state index contributed by atoms with van der Waals surface area (Å²) in [5.74, 6) is 1.42. The number of β-amino-alcohol motifs (C(OH)–C–C–N with tert-alkyl or cyclic N) is 1. The SMILES string of the molecule is OC1CC(c2nc(-c3ccc(F)cc3)no2)N(CC2CCCCC2)C1. The summed E-state index contributed by atoms with van der Waals surface area (Å²) < 4.78 is 18.6. The molecule has 6 heteroatoms. The first-order valence-corrected chi connectivity index (χ1v) is 9.20. The van der Waals surface area contributed by atoms with Gasteiger partial charge in [-0.05, 0) is 49.4 Å². The van der Waals surface area contributed by atoms with E-state index in [9.17, 15) is 9.50 Å². The molecule has 2 unspecified atom stereocenters. The van der Waals surface area contributed by atoms with E-state index in [1.165, 1.54) is 44.2 Å². The topological polar surface area (TPSA) is 62.4 Å². The Bertz CT molecular complexity index is 697. The molecule has 1 aromatic carbocycles. The van der Waals surface area contributed by atoms with Gasteiger partial charge in [-0.2, -0.15) is 4.98 Å². The first-order chi connectivity index (χ1) is 12.2. The second-order valence-corrected chi connectivity index (χ2v) is 7.33. The number of benzene rings is 1. The zero-order chi connectivity index (χ0) is 17.2. The minimum absolute atomic E-state index is 0.0291. The molecule has 2 aliphatic rings. The summed E-state index contributed by atoms with van der Waals surface area (Å²) in [4.78, 5) is 6.81. The third kappa shape index (κ3) is 3.75. The van der Waals surface area contributed by atoms with E-state index in [0.717, 1.165) is 12.1 Å². The number of hydrogen-bond donors (Lipinski definition) is 1. The molecule has 0 spiro atoms. The van der Waals surface area contributed by atoms with Crippen molar-refractivity contribution in [3.63, 3.8) is 0 Å². The lowest BCUT2D eigenvalue weighted by Gasteiger charge is -2.29. The zero-order valence-electron chi connectivity index (χ0n) is 14.3. The van der Waals surface area contributed by atoms with Crippen LogP contribution in [0, 0.1) is 11.7 Å². The predicted octanol–water partition coefficient (Wildman–Crippen LogP) is 3.56. The molecule has 1 saturated carbocycles. The maximum atomic E-state index is 13.1. The largest absolute Gasteiger partial charge is 0.392 e. The summed E-state index contributed by atoms with van der Waals surface area (Å²) in [6, 6.07) is 6.04. The quantitative estimate of drug-likeness (QED) is 0.918. The molecule has 4 rings (SSSR count). The Labute approximate surface area is 146 Å². The van der Waals surface area contributed by atoms with E-state index in [0.29, 0.717) is 30.6 Å². The van der Waals surface area contributed by atoms with Crippen molar-refractivity contribution in [3.05, 3.63) is 36.0 Å². The van der Waals surface area contributed by atoms with E-state index in [-0.39, 0.29) is 18.0 Å². The van der Waals surface area contributed by atoms with E-state index < -0.39 is 0 Å². The highest BCUT2D eigenvalue weighted by Crippen LogP contribution is 2.35. The van der Waals surface area contributed by atoms with Gasteiger partial charge in [-0.1, -0.05) is 24.4 Å². The molecule has 134 valence electrons. The molecule has 2 aromatic rings. The van der Waals surface area contributed by atoms with Gasteiger partial charge in [0.25, 0.3) is 0 Å². The van der Waals surface area contributed by atoms with Crippen LogP contribution in [0.15, 0.2) is 28.8 Å². The molecule has 2 heterocycles. The smallest absolute Gasteiger partial charge is 0.244 e. The molecule has 2 fully saturated rings. The summed E-state index contributed by atoms with van der Waals surface area (Å²) in [6.07, 6.45) is 6.76. The van der Waals surface area contributed by atoms with Crippen LogP contribution in [0.3, 0.4) is 0 Å². The summed E-state index contributed by atoms with van der Waals surface area (Å²) >= 11 is 0. The van der Waals surface area contributed by atoms with E-state index >= 15 is 0 Å². The fraction of sp³-hybridized carbons (Fsp3) is 0.579. The normalized spacial score (nSPS) is 25.5. The third-order valence-corrected chi connectivity index (χ3v) is 5.43. The zero-order valence-corrected chi connectivity index (χ0v) is 14.3. The Hall–Kier alpha value is -1.79. The van der Waals surface area contributed by atoms with Crippen LogP contribution in [0.4, 0.5) is 4.39 Å². The molecular formula is C19H24FN3O2. The van der Waals surface area contributed by atoms with Gasteiger partial charge in [0.1, 0.15) is 5.82 Å². The summed E-state index contributed by atoms with van der Waals surface area (Å²) in [6.45, 7) is 1.64. The Balaban J connectivity index is 1.50. The summed E-state index contributed by atoms with van der Waals surface area (Å²) in [5, 5.41) is 14.2. The van der Waals surface area contributed by atoms with Crippen LogP contribution in [0.5, 0.6) is 0 Å². The molecule has 25 heavy (non-hydrogen) atoms. The van der Waals surface area contributed by atoms with Crippen molar-refractivity contribution in [1.82, 2.24) is 15.0 Å². The molecule has 0 radical (unpaired) electrons. The number of halogens is 1. The lowest BCUT2D eigenvalue weighted by Crippen LogP contribution is -2.31. The number of aromatic nitrogens is 2. The minimum Gasteiger partial charge on any atom is -0.392 e. The van der Waals surface area contributed by atoms with Crippen LogP contribution in [-0.4, -0.2) is 39.3 Å². The molecule has 1 saturated heterocycles. The highest BCUT2D eigenvalue weighted by atomic mass is 19.1. The lowest BCUT2D eigenvalue weighted by molar-refractivity contribution is 0.147. The number of aliphatic hydroxyl groups excluding tert-OH is 1. The average molecular weight is 345 g/mol. The highest BCUT2D eigenvalue weighted by molar-refractivity contribution is 5.53. The number of aliphatic hydroxyl groups is 1. The molecule has 1 aromatic heterocycles. The molecule has 5 nitrogen and oxygen atoms in total. The predicted molar refractivity (Wildman–Crippen MR) is 91.2 cm³/mol. The fourth-order valence-electron chi connectivity index (χ4n) is 4.13. The maximum absolute atomic E-state index is 13.1. The van der Waals surface area contributed by atoms with E-state index in [2.05, 4.69) is 15.0 Å². The summed E-state index contributed by atoms with van der Waals surface area (Å²) in [7, 11) is 0. The van der Waals surface area contributed by atoms with Gasteiger partial charge in [-0.15, -0.1) is 0 Å². The fourth-order valence-corrected chi connectivity index (χ4v) is 4.13. The van der Waals surface area contributed by atoms with Gasteiger partial charge in [-0.25, -0.2) is 4.39 Å². The van der Waals surface area contributed by atoms with Crippen LogP contribution in [0.2, 0.25) is 0 Å². The third-order valence-electron chi connectivity index (χ3n) is 5.43. The second kappa shape index (κ2) is 7.22. The second-order valence-electron chi connectivity index (χ2n) is 7.33. The Kier molecular flexibility index (Phi) is 4.81. The standard InChI is InChI=1S/C19H24FN3O2/c20-15-8-6-14(7-9-15)18-21-19(25-22-18)17-10-16(24)12-23(17)11-13-4-2-1-3-5-13/h6-9,13,16-17,24H,1-5,10-12H2. The molecule has 1 N–H and O–H groups in total. The van der Waals surface area contributed by atoms with Gasteiger partial charge in [-0.3, -0.25) is 4.90 Å². The Morgan fingerprint density at radius 3 is 2.68 bits per heavy atom. The monoisotopic (exact) mass is 345 g/mol. The minimum atomic E-state index is -0.352. The lowest BCUT2D eigenvalue weighted by atomic mass is 9.89. The first-order valence-electron chi connectivity index (χ1n) is 9.20. The van der Waals surface area contributed by atoms with E-state index in [4.69, 9.17) is 4.52 Å². The van der Waals surface area contributed by atoms with Crippen molar-refractivity contribution < 1.29 is 14.0 Å². The molecule has 0 bridgehead atoms. The van der Waals surface area contributed by atoms with Crippen molar-refractivity contribution in [2.75, 3.05) is 13.1 Å². The van der Waals surface area contributed by atoms with Gasteiger partial charge in [0.15, 0.2) is 0 Å². The van der Waals surface area contributed by atoms with Gasteiger partial charge in [0.05, 0.1) is 12.1 Å². The van der Waals surface area contributed by atoms with Crippen molar-refractivity contribution in [2.45, 2.75) is 50.7 Å². The number of nitrogens with zero attached hydrogens (tertiary/aromatic N) is 3.